The predicted molar refractivity (Wildman–Crippen MR) is 95.1 cm³/mol. The van der Waals surface area contributed by atoms with E-state index < -0.39 is 51.6 Å². The summed E-state index contributed by atoms with van der Waals surface area (Å²) >= 11 is 0. The summed E-state index contributed by atoms with van der Waals surface area (Å²) in [4.78, 5) is 62.8. The maximum atomic E-state index is 13.0. The highest BCUT2D eigenvalue weighted by molar-refractivity contribution is 6.60. The Morgan fingerprint density at radius 2 is 1.04 bits per heavy atom. The summed E-state index contributed by atoms with van der Waals surface area (Å²) in [7, 11) is 0. The lowest BCUT2D eigenvalue weighted by atomic mass is 9.76. The number of carbonyl (C=O) groups excluding carboxylic acids is 4. The van der Waals surface area contributed by atoms with Crippen molar-refractivity contribution in [1.29, 1.82) is 0 Å². The number of benzene rings is 2. The zero-order valence-corrected chi connectivity index (χ0v) is 14.1. The highest BCUT2D eigenvalue weighted by atomic mass is 16.4. The predicted octanol–water partition coefficient (Wildman–Crippen LogP) is 2.18. The van der Waals surface area contributed by atoms with Crippen molar-refractivity contribution in [3.63, 3.8) is 0 Å². The van der Waals surface area contributed by atoms with Gasteiger partial charge in [-0.1, -0.05) is 48.5 Å². The summed E-state index contributed by atoms with van der Waals surface area (Å²) in [5.74, 6) is -6.61. The minimum Gasteiger partial charge on any atom is -0.506 e. The number of Topliss-reactive ketones (excluding diaryl/α,β-unsaturated/α-hetero) is 4. The van der Waals surface area contributed by atoms with E-state index in [-0.39, 0.29) is 22.3 Å². The zero-order chi connectivity index (χ0) is 20.2. The summed E-state index contributed by atoms with van der Waals surface area (Å²) in [6.45, 7) is 0. The molecule has 0 amide bonds. The molecule has 2 aromatic rings. The van der Waals surface area contributed by atoms with Gasteiger partial charge in [0.05, 0.1) is 11.1 Å². The van der Waals surface area contributed by atoms with E-state index in [0.29, 0.717) is 0 Å². The van der Waals surface area contributed by atoms with Gasteiger partial charge in [-0.15, -0.1) is 0 Å². The summed E-state index contributed by atoms with van der Waals surface area (Å²) in [6.07, 6.45) is 0. The number of ketones is 4. The van der Waals surface area contributed by atoms with Gasteiger partial charge in [0, 0.05) is 22.3 Å². The number of hydrogen-bond donors (Lipinski definition) is 2. The molecule has 0 fully saturated rings. The van der Waals surface area contributed by atoms with Gasteiger partial charge in [0.15, 0.2) is 11.6 Å². The van der Waals surface area contributed by atoms with Crippen LogP contribution in [0.2, 0.25) is 0 Å². The Hall–Kier alpha value is -4.13. The number of carbonyl (C=O) groups is 5. The molecule has 2 N–H and O–H groups in total. The maximum absolute atomic E-state index is 13.0. The fourth-order valence-electron chi connectivity index (χ4n) is 3.42. The van der Waals surface area contributed by atoms with E-state index in [9.17, 15) is 34.2 Å². The Morgan fingerprint density at radius 1 is 0.607 bits per heavy atom. The highest BCUT2D eigenvalue weighted by Crippen LogP contribution is 2.37. The number of allylic oxidation sites excluding steroid dienone is 1. The Morgan fingerprint density at radius 3 is 1.57 bits per heavy atom. The zero-order valence-electron chi connectivity index (χ0n) is 14.1. The number of fused-ring (bicyclic) bond motifs is 2. The Bertz CT molecular complexity index is 1210. The number of hydrogen-bond acceptors (Lipinski definition) is 6. The van der Waals surface area contributed by atoms with Crippen LogP contribution in [-0.2, 0) is 9.59 Å². The lowest BCUT2D eigenvalue weighted by Gasteiger charge is -2.23. The molecule has 0 saturated carbocycles. The number of aliphatic carboxylic acids is 1. The van der Waals surface area contributed by atoms with Crippen molar-refractivity contribution in [2.75, 3.05) is 0 Å². The molecule has 0 unspecified atom stereocenters. The maximum Gasteiger partial charge on any atom is 0.340 e. The van der Waals surface area contributed by atoms with Gasteiger partial charge in [-0.05, 0) is 0 Å². The molecular formula is C21H10O7. The van der Waals surface area contributed by atoms with Gasteiger partial charge in [0.2, 0.25) is 11.6 Å². The van der Waals surface area contributed by atoms with Crippen LogP contribution in [0.5, 0.6) is 0 Å². The highest BCUT2D eigenvalue weighted by Gasteiger charge is 2.44. The summed E-state index contributed by atoms with van der Waals surface area (Å²) in [5, 5.41) is 20.0. The lowest BCUT2D eigenvalue weighted by molar-refractivity contribution is -0.132. The molecule has 0 bridgehead atoms. The minimum atomic E-state index is -1.70. The van der Waals surface area contributed by atoms with E-state index in [0.717, 1.165) is 0 Å². The second kappa shape index (κ2) is 5.95. The molecule has 0 aromatic heterocycles. The molecule has 0 radical (unpaired) electrons. The largest absolute Gasteiger partial charge is 0.506 e. The van der Waals surface area contributed by atoms with Gasteiger partial charge in [0.1, 0.15) is 11.3 Å². The van der Waals surface area contributed by atoms with Gasteiger partial charge in [-0.25, -0.2) is 4.79 Å². The van der Waals surface area contributed by atoms with Crippen molar-refractivity contribution in [2.24, 2.45) is 0 Å². The average Bonchev–Trinajstić information content (AvgIpc) is 2.69. The van der Waals surface area contributed by atoms with Crippen LogP contribution in [0.15, 0.2) is 65.3 Å². The summed E-state index contributed by atoms with van der Waals surface area (Å²) in [6, 6.07) is 11.2. The van der Waals surface area contributed by atoms with E-state index in [1.165, 1.54) is 48.5 Å². The van der Waals surface area contributed by atoms with Crippen LogP contribution in [0.3, 0.4) is 0 Å². The molecule has 2 aromatic carbocycles. The molecule has 4 rings (SSSR count). The van der Waals surface area contributed by atoms with Crippen molar-refractivity contribution < 1.29 is 34.2 Å². The van der Waals surface area contributed by atoms with Crippen LogP contribution in [0.1, 0.15) is 36.6 Å². The standard InChI is InChI=1S/C21H10O7/c22-16-9-5-1-2-6-10(9)18(24)15(21(27)28)13(16)14-17(23)11-7-3-4-8-12(11)19(25)20(14)26/h1-8,24H,(H,27,28). The average molecular weight is 374 g/mol. The van der Waals surface area contributed by atoms with Crippen molar-refractivity contribution in [1.82, 2.24) is 0 Å². The second-order valence-corrected chi connectivity index (χ2v) is 6.19. The van der Waals surface area contributed by atoms with Gasteiger partial charge in [0.25, 0.3) is 0 Å². The van der Waals surface area contributed by atoms with Crippen LogP contribution in [0.25, 0.3) is 5.76 Å². The van der Waals surface area contributed by atoms with Crippen molar-refractivity contribution in [3.05, 3.63) is 87.5 Å². The first kappa shape index (κ1) is 17.3. The van der Waals surface area contributed by atoms with E-state index >= 15 is 0 Å². The molecule has 28 heavy (non-hydrogen) atoms. The van der Waals surface area contributed by atoms with E-state index in [1.54, 1.807) is 0 Å². The summed E-state index contributed by atoms with van der Waals surface area (Å²) < 4.78 is 0. The van der Waals surface area contributed by atoms with Crippen LogP contribution >= 0.6 is 0 Å². The first-order valence-electron chi connectivity index (χ1n) is 8.12. The molecule has 0 heterocycles. The van der Waals surface area contributed by atoms with Gasteiger partial charge in [-0.2, -0.15) is 0 Å². The molecule has 0 atom stereocenters. The number of carboxylic acid groups (broad SMARTS) is 1. The topological polar surface area (TPSA) is 126 Å². The Balaban J connectivity index is 2.11. The van der Waals surface area contributed by atoms with E-state index in [4.69, 9.17) is 0 Å². The minimum absolute atomic E-state index is 0.0308. The molecule has 7 nitrogen and oxygen atoms in total. The number of rotatable bonds is 1. The van der Waals surface area contributed by atoms with Gasteiger partial charge in [-0.3, -0.25) is 19.2 Å². The SMILES string of the molecule is O=C(O)C1=C(O)c2ccccc2C(=O)C1=C1C(=O)C(=O)c2ccccc2C1=O. The molecule has 0 spiro atoms. The van der Waals surface area contributed by atoms with Crippen LogP contribution in [-0.4, -0.2) is 39.3 Å². The fraction of sp³-hybridized carbons (Fsp3) is 0. The number of aliphatic hydroxyl groups excluding tert-OH is 1. The van der Waals surface area contributed by atoms with Crippen molar-refractivity contribution in [2.45, 2.75) is 0 Å². The van der Waals surface area contributed by atoms with Gasteiger partial charge < -0.3 is 10.2 Å². The fourth-order valence-corrected chi connectivity index (χ4v) is 3.42. The monoisotopic (exact) mass is 374 g/mol. The van der Waals surface area contributed by atoms with Gasteiger partial charge >= 0.3 is 5.97 Å². The second-order valence-electron chi connectivity index (χ2n) is 6.19. The van der Waals surface area contributed by atoms with E-state index in [1.807, 2.05) is 0 Å². The van der Waals surface area contributed by atoms with Crippen LogP contribution < -0.4 is 0 Å². The Kier molecular flexibility index (Phi) is 3.68. The Labute approximate surface area is 157 Å². The first-order chi connectivity index (χ1) is 13.3. The third-order valence-electron chi connectivity index (χ3n) is 4.68. The smallest absolute Gasteiger partial charge is 0.340 e. The van der Waals surface area contributed by atoms with Crippen molar-refractivity contribution >= 4 is 34.9 Å². The molecule has 0 saturated heterocycles. The normalized spacial score (nSPS) is 18.9. The molecular weight excluding hydrogens is 364 g/mol. The lowest BCUT2D eigenvalue weighted by Crippen LogP contribution is -2.34. The molecule has 136 valence electrons. The third-order valence-corrected chi connectivity index (χ3v) is 4.68. The number of carboxylic acids is 1. The summed E-state index contributed by atoms with van der Waals surface area (Å²) in [5.41, 5.74) is -2.82. The quantitative estimate of drug-likeness (QED) is 0.445. The molecule has 0 aliphatic heterocycles. The van der Waals surface area contributed by atoms with Crippen LogP contribution in [0.4, 0.5) is 0 Å². The van der Waals surface area contributed by atoms with E-state index in [2.05, 4.69) is 0 Å². The van der Waals surface area contributed by atoms with Crippen molar-refractivity contribution in [3.8, 4) is 0 Å². The molecule has 2 aliphatic carbocycles. The molecule has 2 aliphatic rings. The first-order valence-corrected chi connectivity index (χ1v) is 8.12. The molecule has 7 heteroatoms. The third kappa shape index (κ3) is 2.20. The van der Waals surface area contributed by atoms with Crippen LogP contribution in [0, 0.1) is 0 Å². The number of aliphatic hydroxyl groups is 1.